The van der Waals surface area contributed by atoms with Gasteiger partial charge in [-0.15, -0.1) is 0 Å². The molecule has 0 saturated heterocycles. The van der Waals surface area contributed by atoms with E-state index < -0.39 is 0 Å². The van der Waals surface area contributed by atoms with E-state index in [-0.39, 0.29) is 0 Å². The number of nitrogens with two attached hydrogens (primary N) is 1. The van der Waals surface area contributed by atoms with Crippen molar-refractivity contribution in [1.82, 2.24) is 29.9 Å². The molecular formula is C24H24N8. The number of nitrogen functional groups attached to an aromatic ring is 1. The minimum atomic E-state index is 0.533. The average Bonchev–Trinajstić information content (AvgIpc) is 3.16. The van der Waals surface area contributed by atoms with E-state index in [0.717, 1.165) is 50.2 Å². The van der Waals surface area contributed by atoms with Gasteiger partial charge in [-0.05, 0) is 67.3 Å². The minimum absolute atomic E-state index is 0.533. The third-order valence-electron chi connectivity index (χ3n) is 5.60. The Kier molecular flexibility index (Phi) is 4.89. The molecule has 0 radical (unpaired) electrons. The standard InChI is InChI=1S/C24H24N8/c1-13-6-17-8-16(4-5-19(17)26-10-13)9-21-31-22-23(28-12-29-24(22)32-21)27-11-18-14(2)7-20(25)30-15(18)3/h4-8,10,12H,9,11H2,1-3H3,(H2,25,30)(H2,27,28,29,31,32). The van der Waals surface area contributed by atoms with Gasteiger partial charge in [-0.2, -0.15) is 0 Å². The van der Waals surface area contributed by atoms with E-state index in [1.807, 2.05) is 32.2 Å². The molecule has 0 aliphatic carbocycles. The zero-order valence-corrected chi connectivity index (χ0v) is 18.3. The number of pyridine rings is 2. The summed E-state index contributed by atoms with van der Waals surface area (Å²) in [6.07, 6.45) is 4.08. The number of aromatic nitrogens is 6. The lowest BCUT2D eigenvalue weighted by molar-refractivity contribution is 1.02. The zero-order chi connectivity index (χ0) is 22.2. The Bertz CT molecular complexity index is 1430. The van der Waals surface area contributed by atoms with E-state index >= 15 is 0 Å². The number of hydrogen-bond donors (Lipinski definition) is 3. The van der Waals surface area contributed by atoms with Crippen molar-refractivity contribution in [3.8, 4) is 0 Å². The highest BCUT2D eigenvalue weighted by atomic mass is 15.1. The molecule has 5 rings (SSSR count). The fourth-order valence-electron chi connectivity index (χ4n) is 4.02. The summed E-state index contributed by atoms with van der Waals surface area (Å²) in [7, 11) is 0. The van der Waals surface area contributed by atoms with Gasteiger partial charge in [0, 0.05) is 30.2 Å². The molecule has 1 aromatic carbocycles. The van der Waals surface area contributed by atoms with Crippen molar-refractivity contribution < 1.29 is 0 Å². The summed E-state index contributed by atoms with van der Waals surface area (Å²) in [5, 5.41) is 4.53. The SMILES string of the molecule is Cc1cnc2ccc(Cc3nc4ncnc(NCc5c(C)cc(N)nc5C)c4[nH]3)cc2c1. The molecule has 160 valence electrons. The highest BCUT2D eigenvalue weighted by Crippen LogP contribution is 2.22. The smallest absolute Gasteiger partial charge is 0.183 e. The molecule has 0 unspecified atom stereocenters. The lowest BCUT2D eigenvalue weighted by atomic mass is 10.1. The molecule has 0 atom stereocenters. The van der Waals surface area contributed by atoms with Crippen molar-refractivity contribution in [3.63, 3.8) is 0 Å². The molecule has 0 amide bonds. The number of nitrogens with zero attached hydrogens (tertiary/aromatic N) is 5. The predicted molar refractivity (Wildman–Crippen MR) is 126 cm³/mol. The number of imidazole rings is 1. The molecule has 4 aromatic heterocycles. The van der Waals surface area contributed by atoms with Gasteiger partial charge < -0.3 is 16.0 Å². The molecule has 8 nitrogen and oxygen atoms in total. The molecule has 0 saturated carbocycles. The fraction of sp³-hybridized carbons (Fsp3) is 0.208. The minimum Gasteiger partial charge on any atom is -0.384 e. The summed E-state index contributed by atoms with van der Waals surface area (Å²) in [5.74, 6) is 2.08. The summed E-state index contributed by atoms with van der Waals surface area (Å²) in [6, 6.07) is 10.3. The van der Waals surface area contributed by atoms with Crippen LogP contribution < -0.4 is 11.1 Å². The van der Waals surface area contributed by atoms with Gasteiger partial charge >= 0.3 is 0 Å². The maximum atomic E-state index is 5.85. The van der Waals surface area contributed by atoms with Crippen molar-refractivity contribution in [2.24, 2.45) is 0 Å². The second kappa shape index (κ2) is 7.88. The molecule has 8 heteroatoms. The molecule has 32 heavy (non-hydrogen) atoms. The van der Waals surface area contributed by atoms with Gasteiger partial charge in [0.15, 0.2) is 11.5 Å². The largest absolute Gasteiger partial charge is 0.384 e. The Morgan fingerprint density at radius 1 is 1.00 bits per heavy atom. The van der Waals surface area contributed by atoms with Gasteiger partial charge in [-0.1, -0.05) is 6.07 Å². The third-order valence-corrected chi connectivity index (χ3v) is 5.60. The molecule has 0 aliphatic heterocycles. The second-order valence-electron chi connectivity index (χ2n) is 8.10. The Morgan fingerprint density at radius 2 is 1.88 bits per heavy atom. The molecule has 0 spiro atoms. The number of H-pyrrole nitrogens is 1. The van der Waals surface area contributed by atoms with Gasteiger partial charge in [0.25, 0.3) is 0 Å². The maximum absolute atomic E-state index is 5.85. The predicted octanol–water partition coefficient (Wildman–Crippen LogP) is 4.01. The quantitative estimate of drug-likeness (QED) is 0.390. The Labute approximate surface area is 185 Å². The molecule has 4 N–H and O–H groups in total. The first kappa shape index (κ1) is 19.9. The fourth-order valence-corrected chi connectivity index (χ4v) is 4.02. The van der Waals surface area contributed by atoms with E-state index in [1.54, 1.807) is 0 Å². The Morgan fingerprint density at radius 3 is 2.72 bits per heavy atom. The van der Waals surface area contributed by atoms with Gasteiger partial charge in [-0.3, -0.25) is 4.98 Å². The number of aryl methyl sites for hydroxylation is 3. The highest BCUT2D eigenvalue weighted by molar-refractivity contribution is 5.83. The van der Waals surface area contributed by atoms with Crippen molar-refractivity contribution in [3.05, 3.63) is 76.6 Å². The summed E-state index contributed by atoms with van der Waals surface area (Å²) in [4.78, 5) is 25.7. The van der Waals surface area contributed by atoms with Crippen LogP contribution in [0.1, 0.15) is 33.8 Å². The monoisotopic (exact) mass is 424 g/mol. The van der Waals surface area contributed by atoms with E-state index in [1.165, 1.54) is 6.33 Å². The molecular weight excluding hydrogens is 400 g/mol. The van der Waals surface area contributed by atoms with Crippen LogP contribution in [0.2, 0.25) is 0 Å². The van der Waals surface area contributed by atoms with Crippen LogP contribution in [0.15, 0.2) is 42.9 Å². The average molecular weight is 425 g/mol. The van der Waals surface area contributed by atoms with Crippen LogP contribution in [-0.4, -0.2) is 29.9 Å². The number of hydrogen-bond acceptors (Lipinski definition) is 7. The van der Waals surface area contributed by atoms with Gasteiger partial charge in [0.1, 0.15) is 23.5 Å². The van der Waals surface area contributed by atoms with Crippen LogP contribution in [0.4, 0.5) is 11.6 Å². The number of nitrogens with one attached hydrogen (secondary N) is 2. The third kappa shape index (κ3) is 3.82. The van der Waals surface area contributed by atoms with E-state index in [2.05, 4.69) is 60.3 Å². The highest BCUT2D eigenvalue weighted by Gasteiger charge is 2.12. The zero-order valence-electron chi connectivity index (χ0n) is 18.3. The van der Waals surface area contributed by atoms with Gasteiger partial charge in [-0.25, -0.2) is 19.9 Å². The first-order valence-corrected chi connectivity index (χ1v) is 10.5. The normalized spacial score (nSPS) is 11.3. The molecule has 4 heterocycles. The van der Waals surface area contributed by atoms with E-state index in [4.69, 9.17) is 5.73 Å². The lowest BCUT2D eigenvalue weighted by Crippen LogP contribution is -2.08. The summed E-state index contributed by atoms with van der Waals surface area (Å²) in [6.45, 7) is 6.63. The van der Waals surface area contributed by atoms with Gasteiger partial charge in [0.2, 0.25) is 0 Å². The first-order valence-electron chi connectivity index (χ1n) is 10.5. The first-order chi connectivity index (χ1) is 15.5. The van der Waals surface area contributed by atoms with E-state index in [0.29, 0.717) is 30.2 Å². The van der Waals surface area contributed by atoms with Crippen molar-refractivity contribution in [2.75, 3.05) is 11.1 Å². The number of benzene rings is 1. The Balaban J connectivity index is 1.41. The summed E-state index contributed by atoms with van der Waals surface area (Å²) in [5.41, 5.74) is 13.7. The molecule has 0 aliphatic rings. The summed E-state index contributed by atoms with van der Waals surface area (Å²) >= 11 is 0. The van der Waals surface area contributed by atoms with Crippen molar-refractivity contribution in [1.29, 1.82) is 0 Å². The van der Waals surface area contributed by atoms with Crippen molar-refractivity contribution >= 4 is 33.7 Å². The number of fused-ring (bicyclic) bond motifs is 2. The van der Waals surface area contributed by atoms with Crippen LogP contribution in [-0.2, 0) is 13.0 Å². The van der Waals surface area contributed by atoms with Gasteiger partial charge in [0.05, 0.1) is 5.52 Å². The number of rotatable bonds is 5. The number of anilines is 2. The van der Waals surface area contributed by atoms with Crippen molar-refractivity contribution in [2.45, 2.75) is 33.7 Å². The topological polar surface area (TPSA) is 118 Å². The van der Waals surface area contributed by atoms with E-state index in [9.17, 15) is 0 Å². The van der Waals surface area contributed by atoms with Crippen LogP contribution >= 0.6 is 0 Å². The Hall–Kier alpha value is -4.07. The second-order valence-corrected chi connectivity index (χ2v) is 8.10. The molecule has 0 bridgehead atoms. The van der Waals surface area contributed by atoms with Crippen LogP contribution in [0.3, 0.4) is 0 Å². The molecule has 5 aromatic rings. The van der Waals surface area contributed by atoms with Crippen LogP contribution in [0.5, 0.6) is 0 Å². The number of aromatic amines is 1. The van der Waals surface area contributed by atoms with Crippen LogP contribution in [0, 0.1) is 20.8 Å². The maximum Gasteiger partial charge on any atom is 0.183 e. The molecule has 0 fully saturated rings. The summed E-state index contributed by atoms with van der Waals surface area (Å²) < 4.78 is 0. The van der Waals surface area contributed by atoms with Crippen LogP contribution in [0.25, 0.3) is 22.1 Å². The lowest BCUT2D eigenvalue weighted by Gasteiger charge is -2.12.